The average Bonchev–Trinajstić information content (AvgIpc) is 3.11. The van der Waals surface area contributed by atoms with Gasteiger partial charge in [-0.05, 0) is 65.5 Å². The molecule has 0 fully saturated rings. The van der Waals surface area contributed by atoms with Crippen molar-refractivity contribution >= 4 is 29.3 Å². The number of carbonyl (C=O) groups is 2. The second-order valence-electron chi connectivity index (χ2n) is 9.21. The number of nitrogens with one attached hydrogen (secondary N) is 2. The van der Waals surface area contributed by atoms with Gasteiger partial charge in [0.25, 0.3) is 5.91 Å². The molecular formula is C23H31ClN4O4. The first-order chi connectivity index (χ1) is 15.0. The second kappa shape index (κ2) is 9.81. The quantitative estimate of drug-likeness (QED) is 0.650. The topological polar surface area (TPSA) is 94.5 Å². The molecule has 2 N–H and O–H groups in total. The van der Waals surface area contributed by atoms with Crippen LogP contribution in [0, 0.1) is 5.92 Å². The largest absolute Gasteiger partial charge is 0.487 e. The van der Waals surface area contributed by atoms with Gasteiger partial charge in [-0.1, -0.05) is 17.7 Å². The van der Waals surface area contributed by atoms with Crippen LogP contribution in [0.2, 0.25) is 5.02 Å². The van der Waals surface area contributed by atoms with E-state index in [0.717, 1.165) is 12.1 Å². The summed E-state index contributed by atoms with van der Waals surface area (Å²) in [6.07, 6.45) is 2.54. The van der Waals surface area contributed by atoms with Gasteiger partial charge in [-0.25, -0.2) is 4.79 Å². The fraction of sp³-hybridized carbons (Fsp3) is 0.522. The Morgan fingerprint density at radius 1 is 1.31 bits per heavy atom. The Morgan fingerprint density at radius 3 is 2.75 bits per heavy atom. The number of nitrogens with zero attached hydrogens (tertiary/aromatic N) is 2. The molecule has 0 aliphatic carbocycles. The zero-order valence-electron chi connectivity index (χ0n) is 19.2. The van der Waals surface area contributed by atoms with Gasteiger partial charge in [0.15, 0.2) is 5.75 Å². The molecule has 8 nitrogen and oxygen atoms in total. The van der Waals surface area contributed by atoms with Crippen LogP contribution >= 0.6 is 11.6 Å². The highest BCUT2D eigenvalue weighted by Gasteiger charge is 2.27. The third-order valence-corrected chi connectivity index (χ3v) is 5.22. The number of ether oxygens (including phenoxy) is 2. The van der Waals surface area contributed by atoms with Gasteiger partial charge in [-0.15, -0.1) is 0 Å². The van der Waals surface area contributed by atoms with E-state index in [1.165, 1.54) is 0 Å². The first-order valence-corrected chi connectivity index (χ1v) is 11.2. The van der Waals surface area contributed by atoms with Gasteiger partial charge in [-0.2, -0.15) is 5.10 Å². The number of amides is 2. The molecule has 1 unspecified atom stereocenters. The number of aromatic nitrogens is 2. The van der Waals surface area contributed by atoms with Crippen molar-refractivity contribution in [2.45, 2.75) is 65.7 Å². The van der Waals surface area contributed by atoms with Crippen molar-refractivity contribution in [3.8, 4) is 5.75 Å². The predicted octanol–water partition coefficient (Wildman–Crippen LogP) is 4.66. The molecule has 1 aliphatic rings. The van der Waals surface area contributed by atoms with E-state index in [1.54, 1.807) is 24.4 Å². The molecule has 0 saturated heterocycles. The Bertz CT molecular complexity index is 981. The summed E-state index contributed by atoms with van der Waals surface area (Å²) in [5, 5.41) is 10.5. The molecule has 32 heavy (non-hydrogen) atoms. The van der Waals surface area contributed by atoms with Gasteiger partial charge in [0.2, 0.25) is 0 Å². The minimum absolute atomic E-state index is 0.0901. The number of aryl methyl sites for hydroxylation is 1. The summed E-state index contributed by atoms with van der Waals surface area (Å²) in [7, 11) is 0. The Morgan fingerprint density at radius 2 is 2.06 bits per heavy atom. The highest BCUT2D eigenvalue weighted by atomic mass is 35.5. The van der Waals surface area contributed by atoms with Crippen molar-refractivity contribution in [2.75, 3.05) is 11.9 Å². The minimum atomic E-state index is -0.543. The molecule has 1 aromatic carbocycles. The normalized spacial score (nSPS) is 15.8. The number of alkyl carbamates (subject to hydrolysis) is 1. The first kappa shape index (κ1) is 23.9. The van der Waals surface area contributed by atoms with Crippen molar-refractivity contribution in [1.82, 2.24) is 15.1 Å². The number of rotatable bonds is 6. The third kappa shape index (κ3) is 6.16. The molecule has 0 saturated carbocycles. The monoisotopic (exact) mass is 462 g/mol. The number of benzene rings is 1. The Kier molecular flexibility index (Phi) is 7.33. The van der Waals surface area contributed by atoms with Crippen LogP contribution < -0.4 is 15.4 Å². The molecule has 1 atom stereocenters. The first-order valence-electron chi connectivity index (χ1n) is 10.8. The van der Waals surface area contributed by atoms with Gasteiger partial charge in [0.1, 0.15) is 5.60 Å². The smallest absolute Gasteiger partial charge is 0.407 e. The number of halogens is 1. The summed E-state index contributed by atoms with van der Waals surface area (Å²) in [5.41, 5.74) is 1.31. The lowest BCUT2D eigenvalue weighted by molar-refractivity contribution is 0.0516. The Hall–Kier alpha value is -2.74. The van der Waals surface area contributed by atoms with E-state index in [-0.39, 0.29) is 17.9 Å². The van der Waals surface area contributed by atoms with E-state index in [2.05, 4.69) is 15.7 Å². The second-order valence-corrected chi connectivity index (χ2v) is 9.61. The lowest BCUT2D eigenvalue weighted by atomic mass is 9.94. The van der Waals surface area contributed by atoms with E-state index in [4.69, 9.17) is 21.1 Å². The van der Waals surface area contributed by atoms with E-state index in [0.29, 0.717) is 41.5 Å². The van der Waals surface area contributed by atoms with E-state index in [9.17, 15) is 9.59 Å². The van der Waals surface area contributed by atoms with Crippen LogP contribution in [-0.2, 0) is 17.7 Å². The van der Waals surface area contributed by atoms with Crippen molar-refractivity contribution in [3.63, 3.8) is 0 Å². The van der Waals surface area contributed by atoms with Gasteiger partial charge in [0, 0.05) is 13.1 Å². The fourth-order valence-electron chi connectivity index (χ4n) is 3.56. The van der Waals surface area contributed by atoms with Crippen LogP contribution in [0.3, 0.4) is 0 Å². The number of fused-ring (bicyclic) bond motifs is 1. The van der Waals surface area contributed by atoms with Crippen LogP contribution in [0.25, 0.3) is 0 Å². The highest BCUT2D eigenvalue weighted by molar-refractivity contribution is 6.32. The average molecular weight is 463 g/mol. The molecule has 1 aliphatic heterocycles. The van der Waals surface area contributed by atoms with Crippen molar-refractivity contribution in [1.29, 1.82) is 0 Å². The van der Waals surface area contributed by atoms with Crippen molar-refractivity contribution < 1.29 is 19.1 Å². The predicted molar refractivity (Wildman–Crippen MR) is 123 cm³/mol. The molecule has 0 bridgehead atoms. The number of carbonyl (C=O) groups excluding carboxylic acids is 2. The molecule has 9 heteroatoms. The maximum atomic E-state index is 13.1. The number of para-hydroxylation sites is 1. The Balaban J connectivity index is 1.69. The molecular weight excluding hydrogens is 432 g/mol. The van der Waals surface area contributed by atoms with E-state index < -0.39 is 11.7 Å². The van der Waals surface area contributed by atoms with Gasteiger partial charge in [-0.3, -0.25) is 9.48 Å². The highest BCUT2D eigenvalue weighted by Crippen LogP contribution is 2.34. The molecule has 0 spiro atoms. The summed E-state index contributed by atoms with van der Waals surface area (Å²) in [6.45, 7) is 10.4. The molecule has 0 radical (unpaired) electrons. The third-order valence-electron chi connectivity index (χ3n) is 4.93. The molecule has 2 aromatic rings. The number of hydrogen-bond acceptors (Lipinski definition) is 5. The molecule has 1 aromatic heterocycles. The molecule has 3 rings (SSSR count). The van der Waals surface area contributed by atoms with Crippen LogP contribution in [0.4, 0.5) is 10.5 Å². The van der Waals surface area contributed by atoms with Crippen LogP contribution in [0.15, 0.2) is 24.4 Å². The number of anilines is 1. The zero-order chi connectivity index (χ0) is 23.5. The lowest BCUT2D eigenvalue weighted by Crippen LogP contribution is -2.37. The van der Waals surface area contributed by atoms with Crippen molar-refractivity contribution in [3.05, 3.63) is 40.7 Å². The maximum Gasteiger partial charge on any atom is 0.407 e. The van der Waals surface area contributed by atoms with E-state index >= 15 is 0 Å². The molecule has 174 valence electrons. The summed E-state index contributed by atoms with van der Waals surface area (Å²) in [5.74, 6) is 0.352. The summed E-state index contributed by atoms with van der Waals surface area (Å²) >= 11 is 6.28. The SMILES string of the molecule is CC(C)Oc1c(Cl)cccc1NC(=O)c1cnn2c1CC(CNC(=O)OC(C)(C)C)CC2. The van der Waals surface area contributed by atoms with Crippen LogP contribution in [-0.4, -0.2) is 40.0 Å². The summed E-state index contributed by atoms with van der Waals surface area (Å²) in [6, 6.07) is 5.24. The van der Waals surface area contributed by atoms with Crippen LogP contribution in [0.5, 0.6) is 5.75 Å². The van der Waals surface area contributed by atoms with Gasteiger partial charge in [0.05, 0.1) is 34.3 Å². The minimum Gasteiger partial charge on any atom is -0.487 e. The van der Waals surface area contributed by atoms with Gasteiger partial charge < -0.3 is 20.1 Å². The van der Waals surface area contributed by atoms with Crippen LogP contribution in [0.1, 0.15) is 57.1 Å². The Labute approximate surface area is 193 Å². The number of hydrogen-bond donors (Lipinski definition) is 2. The maximum absolute atomic E-state index is 13.1. The lowest BCUT2D eigenvalue weighted by Gasteiger charge is -2.25. The summed E-state index contributed by atoms with van der Waals surface area (Å²) in [4.78, 5) is 25.0. The summed E-state index contributed by atoms with van der Waals surface area (Å²) < 4.78 is 12.9. The van der Waals surface area contributed by atoms with Gasteiger partial charge >= 0.3 is 6.09 Å². The van der Waals surface area contributed by atoms with E-state index in [1.807, 2.05) is 39.3 Å². The fourth-order valence-corrected chi connectivity index (χ4v) is 3.78. The van der Waals surface area contributed by atoms with Crippen molar-refractivity contribution in [2.24, 2.45) is 5.92 Å². The molecule has 2 heterocycles. The zero-order valence-corrected chi connectivity index (χ0v) is 20.0. The standard InChI is InChI=1S/C23H31ClN4O4/c1-14(2)31-20-17(24)7-6-8-18(20)27-21(29)16-13-26-28-10-9-15(11-19(16)28)12-25-22(30)32-23(3,4)5/h6-8,13-15H,9-12H2,1-5H3,(H,25,30)(H,27,29). The molecule has 2 amide bonds.